The molecule has 214 valence electrons. The number of rotatable bonds is 13. The van der Waals surface area contributed by atoms with Crippen LogP contribution in [0.25, 0.3) is 0 Å². The first-order chi connectivity index (χ1) is 19.1. The van der Waals surface area contributed by atoms with Crippen molar-refractivity contribution < 1.29 is 22.7 Å². The van der Waals surface area contributed by atoms with E-state index in [1.165, 1.54) is 24.1 Å². The van der Waals surface area contributed by atoms with Gasteiger partial charge in [-0.15, -0.1) is 0 Å². The third-order valence-corrected chi connectivity index (χ3v) is 8.43. The average molecular weight is 566 g/mol. The molecule has 1 atom stereocenters. The highest BCUT2D eigenvalue weighted by atomic mass is 32.2. The maximum atomic E-state index is 14.1. The van der Waals surface area contributed by atoms with Crippen molar-refractivity contribution >= 4 is 27.5 Å². The van der Waals surface area contributed by atoms with E-state index in [9.17, 15) is 18.0 Å². The molecular formula is C31H39N3O5S. The minimum Gasteiger partial charge on any atom is -0.497 e. The van der Waals surface area contributed by atoms with Crippen molar-refractivity contribution in [3.63, 3.8) is 0 Å². The Morgan fingerprint density at radius 2 is 1.55 bits per heavy atom. The van der Waals surface area contributed by atoms with Crippen molar-refractivity contribution in [2.45, 2.75) is 51.6 Å². The largest absolute Gasteiger partial charge is 0.497 e. The molecule has 3 aromatic rings. The predicted octanol–water partition coefficient (Wildman–Crippen LogP) is 4.78. The van der Waals surface area contributed by atoms with Gasteiger partial charge in [-0.25, -0.2) is 8.42 Å². The summed E-state index contributed by atoms with van der Waals surface area (Å²) in [4.78, 5) is 29.0. The Hall–Kier alpha value is -3.85. The molecule has 0 fully saturated rings. The van der Waals surface area contributed by atoms with E-state index in [0.29, 0.717) is 24.4 Å². The summed E-state index contributed by atoms with van der Waals surface area (Å²) in [5.74, 6) is 0.0508. The van der Waals surface area contributed by atoms with Crippen LogP contribution in [0.3, 0.4) is 0 Å². The van der Waals surface area contributed by atoms with Gasteiger partial charge in [0.2, 0.25) is 11.8 Å². The molecule has 9 heteroatoms. The third-order valence-electron chi connectivity index (χ3n) is 6.64. The van der Waals surface area contributed by atoms with Gasteiger partial charge in [-0.2, -0.15) is 0 Å². The zero-order valence-electron chi connectivity index (χ0n) is 23.8. The first-order valence-electron chi connectivity index (χ1n) is 13.4. The number of aryl methyl sites for hydroxylation is 1. The molecule has 3 aromatic carbocycles. The second-order valence-electron chi connectivity index (χ2n) is 10.0. The normalized spacial score (nSPS) is 12.1. The number of ether oxygens (including phenoxy) is 1. The minimum absolute atomic E-state index is 0.0609. The molecule has 3 rings (SSSR count). The lowest BCUT2D eigenvalue weighted by Crippen LogP contribution is -2.52. The van der Waals surface area contributed by atoms with Crippen molar-refractivity contribution in [2.24, 2.45) is 5.92 Å². The average Bonchev–Trinajstić information content (AvgIpc) is 2.96. The first kappa shape index (κ1) is 30.7. The van der Waals surface area contributed by atoms with Crippen LogP contribution in [0.2, 0.25) is 0 Å². The molecule has 0 unspecified atom stereocenters. The van der Waals surface area contributed by atoms with Gasteiger partial charge >= 0.3 is 0 Å². The van der Waals surface area contributed by atoms with Crippen LogP contribution < -0.4 is 14.4 Å². The van der Waals surface area contributed by atoms with Crippen molar-refractivity contribution in [2.75, 3.05) is 24.5 Å². The van der Waals surface area contributed by atoms with Gasteiger partial charge in [0.1, 0.15) is 18.3 Å². The van der Waals surface area contributed by atoms with E-state index in [0.717, 1.165) is 15.4 Å². The fraction of sp³-hybridized carbons (Fsp3) is 0.355. The number of sulfonamides is 1. The summed E-state index contributed by atoms with van der Waals surface area (Å²) >= 11 is 0. The first-order valence-corrected chi connectivity index (χ1v) is 14.9. The lowest BCUT2D eigenvalue weighted by molar-refractivity contribution is -0.140. The summed E-state index contributed by atoms with van der Waals surface area (Å²) in [6.07, 6.45) is 0.371. The highest BCUT2D eigenvalue weighted by Crippen LogP contribution is 2.27. The molecule has 0 aliphatic carbocycles. The molecule has 0 heterocycles. The van der Waals surface area contributed by atoms with Crippen molar-refractivity contribution in [3.05, 3.63) is 90.0 Å². The van der Waals surface area contributed by atoms with Gasteiger partial charge < -0.3 is 15.0 Å². The number of hydrogen-bond acceptors (Lipinski definition) is 5. The number of carbonyl (C=O) groups is 2. The Morgan fingerprint density at radius 1 is 0.925 bits per heavy atom. The molecule has 0 spiro atoms. The van der Waals surface area contributed by atoms with Gasteiger partial charge in [0.25, 0.3) is 10.0 Å². The quantitative estimate of drug-likeness (QED) is 0.322. The lowest BCUT2D eigenvalue weighted by Gasteiger charge is -2.33. The Balaban J connectivity index is 2.05. The smallest absolute Gasteiger partial charge is 0.264 e. The van der Waals surface area contributed by atoms with E-state index in [4.69, 9.17) is 4.74 Å². The molecule has 0 bridgehead atoms. The molecular weight excluding hydrogens is 526 g/mol. The molecule has 0 saturated heterocycles. The van der Waals surface area contributed by atoms with Crippen LogP contribution in [0.1, 0.15) is 38.3 Å². The van der Waals surface area contributed by atoms with Crippen LogP contribution in [0.15, 0.2) is 83.8 Å². The van der Waals surface area contributed by atoms with Gasteiger partial charge in [0.05, 0.1) is 17.7 Å². The summed E-state index contributed by atoms with van der Waals surface area (Å²) < 4.78 is 34.0. The molecule has 0 aliphatic rings. The Kier molecular flexibility index (Phi) is 10.7. The van der Waals surface area contributed by atoms with Crippen LogP contribution in [-0.4, -0.2) is 51.4 Å². The van der Waals surface area contributed by atoms with E-state index in [1.807, 2.05) is 52.0 Å². The maximum Gasteiger partial charge on any atom is 0.264 e. The predicted molar refractivity (Wildman–Crippen MR) is 158 cm³/mol. The summed E-state index contributed by atoms with van der Waals surface area (Å²) in [7, 11) is -2.59. The molecule has 0 saturated carbocycles. The molecule has 0 aliphatic heterocycles. The number of hydrogen-bond donors (Lipinski definition) is 1. The van der Waals surface area contributed by atoms with Crippen molar-refractivity contribution in [3.8, 4) is 5.75 Å². The topological polar surface area (TPSA) is 96.0 Å². The number of amides is 2. The zero-order valence-corrected chi connectivity index (χ0v) is 24.6. The van der Waals surface area contributed by atoms with Gasteiger partial charge in [-0.05, 0) is 66.8 Å². The Bertz CT molecular complexity index is 1380. The molecule has 8 nitrogen and oxygen atoms in total. The highest BCUT2D eigenvalue weighted by Gasteiger charge is 2.33. The van der Waals surface area contributed by atoms with Gasteiger partial charge in [0.15, 0.2) is 0 Å². The van der Waals surface area contributed by atoms with Crippen LogP contribution >= 0.6 is 0 Å². The van der Waals surface area contributed by atoms with E-state index >= 15 is 0 Å². The van der Waals surface area contributed by atoms with Crippen LogP contribution in [-0.2, 0) is 26.2 Å². The van der Waals surface area contributed by atoms with E-state index in [2.05, 4.69) is 5.32 Å². The monoisotopic (exact) mass is 565 g/mol. The summed E-state index contributed by atoms with van der Waals surface area (Å²) in [5, 5.41) is 2.94. The van der Waals surface area contributed by atoms with Crippen molar-refractivity contribution in [1.29, 1.82) is 0 Å². The molecule has 0 aromatic heterocycles. The fourth-order valence-electron chi connectivity index (χ4n) is 4.31. The van der Waals surface area contributed by atoms with Gasteiger partial charge in [0, 0.05) is 13.1 Å². The zero-order chi connectivity index (χ0) is 29.3. The molecule has 2 amide bonds. The Morgan fingerprint density at radius 3 is 2.12 bits per heavy atom. The standard InChI is InChI=1S/C31H39N3O5S/c1-6-29(31(36)32-20-23(2)3)33(21-25-13-11-10-12-24(25)4)30(35)22-34(26-16-18-27(39-5)19-17-26)40(37,38)28-14-8-7-9-15-28/h7-19,23,29H,6,20-22H2,1-5H3,(H,32,36)/t29-/m0/s1. The van der Waals surface area contributed by atoms with E-state index in [1.54, 1.807) is 42.5 Å². The number of carbonyl (C=O) groups excluding carboxylic acids is 2. The second kappa shape index (κ2) is 14.0. The number of nitrogens with zero attached hydrogens (tertiary/aromatic N) is 2. The van der Waals surface area contributed by atoms with Crippen LogP contribution in [0.4, 0.5) is 5.69 Å². The number of anilines is 1. The Labute approximate surface area is 238 Å². The summed E-state index contributed by atoms with van der Waals surface area (Å²) in [6.45, 7) is 7.95. The van der Waals surface area contributed by atoms with Crippen LogP contribution in [0, 0.1) is 12.8 Å². The summed E-state index contributed by atoms with van der Waals surface area (Å²) in [6, 6.07) is 21.4. The molecule has 1 N–H and O–H groups in total. The van der Waals surface area contributed by atoms with Crippen molar-refractivity contribution in [1.82, 2.24) is 10.2 Å². The SMILES string of the molecule is CC[C@@H](C(=O)NCC(C)C)N(Cc1ccccc1C)C(=O)CN(c1ccc(OC)cc1)S(=O)(=O)c1ccccc1. The fourth-order valence-corrected chi connectivity index (χ4v) is 5.75. The second-order valence-corrected chi connectivity index (χ2v) is 11.9. The molecule has 40 heavy (non-hydrogen) atoms. The van der Waals surface area contributed by atoms with Crippen LogP contribution in [0.5, 0.6) is 5.75 Å². The third kappa shape index (κ3) is 7.63. The number of methoxy groups -OCH3 is 1. The van der Waals surface area contributed by atoms with Gasteiger partial charge in [-0.1, -0.05) is 63.2 Å². The molecule has 0 radical (unpaired) electrons. The highest BCUT2D eigenvalue weighted by molar-refractivity contribution is 7.92. The van der Waals surface area contributed by atoms with E-state index < -0.39 is 28.5 Å². The van der Waals surface area contributed by atoms with Gasteiger partial charge in [-0.3, -0.25) is 13.9 Å². The minimum atomic E-state index is -4.11. The maximum absolute atomic E-state index is 14.1. The number of nitrogens with one attached hydrogen (secondary N) is 1. The summed E-state index contributed by atoms with van der Waals surface area (Å²) in [5.41, 5.74) is 2.17. The lowest BCUT2D eigenvalue weighted by atomic mass is 10.1. The number of benzene rings is 3. The van der Waals surface area contributed by atoms with E-state index in [-0.39, 0.29) is 23.3 Å².